The van der Waals surface area contributed by atoms with E-state index in [4.69, 9.17) is 4.74 Å². The maximum atomic E-state index is 5.69. The SMILES string of the molecule is CCCOc1ccc(CN[C@H](C)CCc2ccccc2)cc1Br. The van der Waals surface area contributed by atoms with E-state index >= 15 is 0 Å². The van der Waals surface area contributed by atoms with E-state index in [-0.39, 0.29) is 0 Å². The van der Waals surface area contributed by atoms with Crippen molar-refractivity contribution < 1.29 is 4.74 Å². The molecule has 0 spiro atoms. The third kappa shape index (κ3) is 6.36. The summed E-state index contributed by atoms with van der Waals surface area (Å²) >= 11 is 3.59. The number of nitrogens with one attached hydrogen (secondary N) is 1. The molecule has 0 amide bonds. The first-order valence-corrected chi connectivity index (χ1v) is 9.17. The van der Waals surface area contributed by atoms with Crippen LogP contribution in [0, 0.1) is 0 Å². The predicted molar refractivity (Wildman–Crippen MR) is 101 cm³/mol. The molecule has 2 aromatic carbocycles. The van der Waals surface area contributed by atoms with Crippen molar-refractivity contribution >= 4 is 15.9 Å². The quantitative estimate of drug-likeness (QED) is 0.637. The van der Waals surface area contributed by atoms with E-state index in [1.54, 1.807) is 0 Å². The molecular formula is C20H26BrNO. The number of aryl methyl sites for hydroxylation is 1. The van der Waals surface area contributed by atoms with Gasteiger partial charge in [0.15, 0.2) is 0 Å². The van der Waals surface area contributed by atoms with E-state index in [1.807, 2.05) is 6.07 Å². The van der Waals surface area contributed by atoms with Gasteiger partial charge in [0.25, 0.3) is 0 Å². The topological polar surface area (TPSA) is 21.3 Å². The number of halogens is 1. The molecule has 0 radical (unpaired) electrons. The molecule has 0 heterocycles. The van der Waals surface area contributed by atoms with Crippen molar-refractivity contribution in [3.8, 4) is 5.75 Å². The summed E-state index contributed by atoms with van der Waals surface area (Å²) < 4.78 is 6.72. The number of hydrogen-bond acceptors (Lipinski definition) is 2. The highest BCUT2D eigenvalue weighted by atomic mass is 79.9. The van der Waals surface area contributed by atoms with Gasteiger partial charge in [-0.25, -0.2) is 0 Å². The minimum absolute atomic E-state index is 0.491. The molecule has 1 atom stereocenters. The maximum Gasteiger partial charge on any atom is 0.133 e. The molecule has 2 aromatic rings. The summed E-state index contributed by atoms with van der Waals surface area (Å²) in [5, 5.41) is 3.60. The number of ether oxygens (including phenoxy) is 1. The lowest BCUT2D eigenvalue weighted by Gasteiger charge is -2.15. The minimum Gasteiger partial charge on any atom is -0.492 e. The molecular weight excluding hydrogens is 350 g/mol. The molecule has 0 saturated heterocycles. The zero-order chi connectivity index (χ0) is 16.5. The Bertz CT molecular complexity index is 585. The van der Waals surface area contributed by atoms with Gasteiger partial charge in [0, 0.05) is 12.6 Å². The lowest BCUT2D eigenvalue weighted by Crippen LogP contribution is -2.25. The summed E-state index contributed by atoms with van der Waals surface area (Å²) in [6.07, 6.45) is 3.28. The average Bonchev–Trinajstić information content (AvgIpc) is 2.58. The minimum atomic E-state index is 0.491. The van der Waals surface area contributed by atoms with Crippen LogP contribution >= 0.6 is 15.9 Å². The predicted octanol–water partition coefficient (Wildman–Crippen LogP) is 5.35. The van der Waals surface area contributed by atoms with Gasteiger partial charge < -0.3 is 10.1 Å². The Kier molecular flexibility index (Phi) is 7.63. The van der Waals surface area contributed by atoms with Crippen molar-refractivity contribution in [2.24, 2.45) is 0 Å². The van der Waals surface area contributed by atoms with Crippen LogP contribution in [0.25, 0.3) is 0 Å². The van der Waals surface area contributed by atoms with Crippen LogP contribution in [0.4, 0.5) is 0 Å². The van der Waals surface area contributed by atoms with Gasteiger partial charge in [0.05, 0.1) is 11.1 Å². The van der Waals surface area contributed by atoms with Crippen LogP contribution < -0.4 is 10.1 Å². The second-order valence-electron chi connectivity index (χ2n) is 5.92. The normalized spacial score (nSPS) is 12.1. The first kappa shape index (κ1) is 18.0. The monoisotopic (exact) mass is 375 g/mol. The van der Waals surface area contributed by atoms with E-state index in [0.717, 1.165) is 42.6 Å². The Balaban J connectivity index is 1.77. The molecule has 2 nitrogen and oxygen atoms in total. The lowest BCUT2D eigenvalue weighted by molar-refractivity contribution is 0.315. The summed E-state index contributed by atoms with van der Waals surface area (Å²) in [6, 6.07) is 17.5. The van der Waals surface area contributed by atoms with E-state index in [0.29, 0.717) is 6.04 Å². The Morgan fingerprint density at radius 2 is 1.87 bits per heavy atom. The van der Waals surface area contributed by atoms with Gasteiger partial charge in [-0.1, -0.05) is 43.3 Å². The third-order valence-corrected chi connectivity index (χ3v) is 4.44. The molecule has 0 saturated carbocycles. The van der Waals surface area contributed by atoms with Crippen LogP contribution in [0.3, 0.4) is 0 Å². The highest BCUT2D eigenvalue weighted by molar-refractivity contribution is 9.10. The van der Waals surface area contributed by atoms with Crippen LogP contribution in [0.1, 0.15) is 37.8 Å². The molecule has 0 unspecified atom stereocenters. The van der Waals surface area contributed by atoms with Crippen LogP contribution in [0.15, 0.2) is 53.0 Å². The van der Waals surface area contributed by atoms with Gasteiger partial charge in [-0.15, -0.1) is 0 Å². The Hall–Kier alpha value is -1.32. The highest BCUT2D eigenvalue weighted by Crippen LogP contribution is 2.26. The standard InChI is InChI=1S/C20H26BrNO/c1-3-13-23-20-12-11-18(14-19(20)21)15-22-16(2)9-10-17-7-5-4-6-8-17/h4-8,11-12,14,16,22H,3,9-10,13,15H2,1-2H3/t16-/m1/s1. The smallest absolute Gasteiger partial charge is 0.133 e. The molecule has 0 aliphatic carbocycles. The van der Waals surface area contributed by atoms with Crippen LogP contribution in [0.5, 0.6) is 5.75 Å². The van der Waals surface area contributed by atoms with Crippen molar-refractivity contribution in [1.82, 2.24) is 5.32 Å². The van der Waals surface area contributed by atoms with E-state index in [9.17, 15) is 0 Å². The molecule has 0 aromatic heterocycles. The van der Waals surface area contributed by atoms with E-state index < -0.39 is 0 Å². The molecule has 0 bridgehead atoms. The first-order chi connectivity index (χ1) is 11.2. The van der Waals surface area contributed by atoms with Gasteiger partial charge in [-0.2, -0.15) is 0 Å². The molecule has 0 fully saturated rings. The summed E-state index contributed by atoms with van der Waals surface area (Å²) in [4.78, 5) is 0. The summed E-state index contributed by atoms with van der Waals surface area (Å²) in [6.45, 7) is 6.00. The van der Waals surface area contributed by atoms with Crippen molar-refractivity contribution in [3.63, 3.8) is 0 Å². The highest BCUT2D eigenvalue weighted by Gasteiger charge is 2.05. The molecule has 23 heavy (non-hydrogen) atoms. The van der Waals surface area contributed by atoms with Crippen molar-refractivity contribution in [1.29, 1.82) is 0 Å². The Labute approximate surface area is 148 Å². The fraction of sp³-hybridized carbons (Fsp3) is 0.400. The average molecular weight is 376 g/mol. The van der Waals surface area contributed by atoms with Gasteiger partial charge >= 0.3 is 0 Å². The first-order valence-electron chi connectivity index (χ1n) is 8.37. The second kappa shape index (κ2) is 9.74. The Morgan fingerprint density at radius 1 is 1.09 bits per heavy atom. The molecule has 3 heteroatoms. The largest absolute Gasteiger partial charge is 0.492 e. The molecule has 1 N–H and O–H groups in total. The Morgan fingerprint density at radius 3 is 2.57 bits per heavy atom. The number of rotatable bonds is 9. The van der Waals surface area contributed by atoms with Gasteiger partial charge in [0.2, 0.25) is 0 Å². The lowest BCUT2D eigenvalue weighted by atomic mass is 10.1. The number of benzene rings is 2. The van der Waals surface area contributed by atoms with Crippen molar-refractivity contribution in [3.05, 3.63) is 64.1 Å². The fourth-order valence-corrected chi connectivity index (χ4v) is 2.95. The fourth-order valence-electron chi connectivity index (χ4n) is 2.41. The van der Waals surface area contributed by atoms with Crippen LogP contribution in [0.2, 0.25) is 0 Å². The van der Waals surface area contributed by atoms with Gasteiger partial charge in [-0.3, -0.25) is 0 Å². The summed E-state index contributed by atoms with van der Waals surface area (Å²) in [5.41, 5.74) is 2.67. The van der Waals surface area contributed by atoms with Crippen LogP contribution in [-0.2, 0) is 13.0 Å². The summed E-state index contributed by atoms with van der Waals surface area (Å²) in [7, 11) is 0. The molecule has 0 aliphatic heterocycles. The second-order valence-corrected chi connectivity index (χ2v) is 6.77. The molecule has 124 valence electrons. The van der Waals surface area contributed by atoms with Crippen LogP contribution in [-0.4, -0.2) is 12.6 Å². The van der Waals surface area contributed by atoms with Gasteiger partial charge in [0.1, 0.15) is 5.75 Å². The van der Waals surface area contributed by atoms with Crippen molar-refractivity contribution in [2.75, 3.05) is 6.61 Å². The summed E-state index contributed by atoms with van der Waals surface area (Å²) in [5.74, 6) is 0.924. The maximum absolute atomic E-state index is 5.69. The zero-order valence-electron chi connectivity index (χ0n) is 14.0. The molecule has 0 aliphatic rings. The van der Waals surface area contributed by atoms with Crippen molar-refractivity contribution in [2.45, 2.75) is 45.7 Å². The van der Waals surface area contributed by atoms with Gasteiger partial charge in [-0.05, 0) is 65.4 Å². The molecule has 2 rings (SSSR count). The third-order valence-electron chi connectivity index (χ3n) is 3.82. The van der Waals surface area contributed by atoms with E-state index in [2.05, 4.69) is 77.6 Å². The zero-order valence-corrected chi connectivity index (χ0v) is 15.6. The number of hydrogen-bond donors (Lipinski definition) is 1. The van der Waals surface area contributed by atoms with E-state index in [1.165, 1.54) is 11.1 Å².